The highest BCUT2D eigenvalue weighted by atomic mass is 16.2. The van der Waals surface area contributed by atoms with Crippen molar-refractivity contribution in [1.82, 2.24) is 15.5 Å². The van der Waals surface area contributed by atoms with Crippen LogP contribution in [0.15, 0.2) is 0 Å². The molecule has 0 aromatic heterocycles. The van der Waals surface area contributed by atoms with Crippen molar-refractivity contribution in [3.05, 3.63) is 0 Å². The van der Waals surface area contributed by atoms with Crippen LogP contribution in [-0.2, 0) is 0 Å². The van der Waals surface area contributed by atoms with Gasteiger partial charge in [-0.2, -0.15) is 0 Å². The predicted octanol–water partition coefficient (Wildman–Crippen LogP) is 0.787. The summed E-state index contributed by atoms with van der Waals surface area (Å²) in [5.74, 6) is 0. The number of rotatable bonds is 1. The second kappa shape index (κ2) is 4.64. The van der Waals surface area contributed by atoms with Crippen molar-refractivity contribution in [2.24, 2.45) is 0 Å². The number of carbonyl (C=O) groups excluding carboxylic acids is 1. The van der Waals surface area contributed by atoms with Crippen LogP contribution < -0.4 is 10.6 Å². The fourth-order valence-corrected chi connectivity index (χ4v) is 1.67. The van der Waals surface area contributed by atoms with E-state index in [2.05, 4.69) is 24.5 Å². The molecule has 1 aliphatic heterocycles. The molecule has 4 heteroatoms. The maximum atomic E-state index is 11.8. The van der Waals surface area contributed by atoms with Crippen LogP contribution >= 0.6 is 0 Å². The normalized spacial score (nSPS) is 27.9. The zero-order chi connectivity index (χ0) is 10.7. The van der Waals surface area contributed by atoms with E-state index in [4.69, 9.17) is 0 Å². The van der Waals surface area contributed by atoms with Gasteiger partial charge < -0.3 is 15.5 Å². The van der Waals surface area contributed by atoms with E-state index in [1.807, 2.05) is 18.7 Å². The minimum Gasteiger partial charge on any atom is -0.336 e. The van der Waals surface area contributed by atoms with Crippen molar-refractivity contribution >= 4 is 6.03 Å². The molecule has 2 N–H and O–H groups in total. The summed E-state index contributed by atoms with van der Waals surface area (Å²) in [7, 11) is 0. The Bertz CT molecular complexity index is 206. The molecule has 0 aromatic carbocycles. The van der Waals surface area contributed by atoms with Crippen LogP contribution in [0, 0.1) is 0 Å². The lowest BCUT2D eigenvalue weighted by Gasteiger charge is -2.38. The maximum absolute atomic E-state index is 11.8. The molecule has 0 aromatic rings. The zero-order valence-electron chi connectivity index (χ0n) is 9.50. The first-order chi connectivity index (χ1) is 6.52. The van der Waals surface area contributed by atoms with Crippen LogP contribution in [0.4, 0.5) is 4.79 Å². The van der Waals surface area contributed by atoms with Gasteiger partial charge in [0.1, 0.15) is 0 Å². The lowest BCUT2D eigenvalue weighted by Crippen LogP contribution is -2.59. The van der Waals surface area contributed by atoms with Gasteiger partial charge in [-0.05, 0) is 27.7 Å². The first-order valence-electron chi connectivity index (χ1n) is 5.33. The highest BCUT2D eigenvalue weighted by molar-refractivity contribution is 5.75. The Balaban J connectivity index is 2.53. The lowest BCUT2D eigenvalue weighted by molar-refractivity contribution is 0.143. The van der Waals surface area contributed by atoms with Gasteiger partial charge in [-0.1, -0.05) is 0 Å². The number of hydrogen-bond donors (Lipinski definition) is 2. The van der Waals surface area contributed by atoms with E-state index in [0.717, 1.165) is 13.1 Å². The topological polar surface area (TPSA) is 44.4 Å². The Labute approximate surface area is 86.0 Å². The van der Waals surface area contributed by atoms with Gasteiger partial charge in [-0.25, -0.2) is 4.79 Å². The van der Waals surface area contributed by atoms with Crippen LogP contribution in [0.3, 0.4) is 0 Å². The molecule has 1 heterocycles. The molecular formula is C10H21N3O. The van der Waals surface area contributed by atoms with E-state index in [0.29, 0.717) is 6.04 Å². The van der Waals surface area contributed by atoms with E-state index in [9.17, 15) is 4.79 Å². The summed E-state index contributed by atoms with van der Waals surface area (Å²) in [5, 5.41) is 6.27. The number of nitrogens with one attached hydrogen (secondary N) is 2. The van der Waals surface area contributed by atoms with Crippen LogP contribution in [0.1, 0.15) is 27.7 Å². The number of amides is 2. The van der Waals surface area contributed by atoms with Crippen molar-refractivity contribution in [2.75, 3.05) is 13.1 Å². The summed E-state index contributed by atoms with van der Waals surface area (Å²) in [4.78, 5) is 13.7. The SMILES string of the molecule is CC(C)NC(=O)N1CCNC(C)C1C. The highest BCUT2D eigenvalue weighted by Gasteiger charge is 2.27. The average Bonchev–Trinajstić information content (AvgIpc) is 2.08. The van der Waals surface area contributed by atoms with Crippen LogP contribution in [0.5, 0.6) is 0 Å². The molecule has 1 fully saturated rings. The van der Waals surface area contributed by atoms with Gasteiger partial charge in [-0.3, -0.25) is 0 Å². The second-order valence-corrected chi connectivity index (χ2v) is 4.28. The van der Waals surface area contributed by atoms with Crippen LogP contribution in [0.2, 0.25) is 0 Å². The van der Waals surface area contributed by atoms with Gasteiger partial charge in [0.05, 0.1) is 0 Å². The molecule has 1 saturated heterocycles. The molecule has 0 spiro atoms. The highest BCUT2D eigenvalue weighted by Crippen LogP contribution is 2.08. The van der Waals surface area contributed by atoms with Gasteiger partial charge in [0, 0.05) is 31.2 Å². The van der Waals surface area contributed by atoms with Crippen molar-refractivity contribution in [2.45, 2.75) is 45.8 Å². The molecule has 4 nitrogen and oxygen atoms in total. The fourth-order valence-electron chi connectivity index (χ4n) is 1.67. The summed E-state index contributed by atoms with van der Waals surface area (Å²) >= 11 is 0. The van der Waals surface area contributed by atoms with E-state index < -0.39 is 0 Å². The Kier molecular flexibility index (Phi) is 3.75. The molecule has 14 heavy (non-hydrogen) atoms. The smallest absolute Gasteiger partial charge is 0.317 e. The third kappa shape index (κ3) is 2.61. The zero-order valence-corrected chi connectivity index (χ0v) is 9.50. The molecule has 0 saturated carbocycles. The first-order valence-corrected chi connectivity index (χ1v) is 5.33. The third-order valence-corrected chi connectivity index (χ3v) is 2.71. The van der Waals surface area contributed by atoms with Crippen molar-refractivity contribution < 1.29 is 4.79 Å². The molecule has 1 rings (SSSR count). The minimum atomic E-state index is 0.0563. The Morgan fingerprint density at radius 1 is 1.50 bits per heavy atom. The molecule has 2 amide bonds. The average molecular weight is 199 g/mol. The quantitative estimate of drug-likeness (QED) is 0.655. The van der Waals surface area contributed by atoms with Gasteiger partial charge in [0.25, 0.3) is 0 Å². The standard InChI is InChI=1S/C10H21N3O/c1-7(2)12-10(14)13-6-5-11-8(3)9(13)4/h7-9,11H,5-6H2,1-4H3,(H,12,14). The van der Waals surface area contributed by atoms with Crippen molar-refractivity contribution in [1.29, 1.82) is 0 Å². The molecule has 0 radical (unpaired) electrons. The Hall–Kier alpha value is -0.770. The van der Waals surface area contributed by atoms with Crippen molar-refractivity contribution in [3.8, 4) is 0 Å². The second-order valence-electron chi connectivity index (χ2n) is 4.28. The molecule has 0 bridgehead atoms. The Morgan fingerprint density at radius 2 is 2.14 bits per heavy atom. The summed E-state index contributed by atoms with van der Waals surface area (Å²) in [5.41, 5.74) is 0. The molecule has 2 unspecified atom stereocenters. The summed E-state index contributed by atoms with van der Waals surface area (Å²) < 4.78 is 0. The number of nitrogens with zero attached hydrogens (tertiary/aromatic N) is 1. The van der Waals surface area contributed by atoms with E-state index in [1.165, 1.54) is 0 Å². The van der Waals surface area contributed by atoms with E-state index in [1.54, 1.807) is 0 Å². The number of carbonyl (C=O) groups is 1. The van der Waals surface area contributed by atoms with Crippen molar-refractivity contribution in [3.63, 3.8) is 0 Å². The summed E-state index contributed by atoms with van der Waals surface area (Å²) in [6.45, 7) is 9.83. The molecular weight excluding hydrogens is 178 g/mol. The first kappa shape index (κ1) is 11.3. The monoisotopic (exact) mass is 199 g/mol. The third-order valence-electron chi connectivity index (χ3n) is 2.71. The minimum absolute atomic E-state index is 0.0563. The van der Waals surface area contributed by atoms with Crippen LogP contribution in [0.25, 0.3) is 0 Å². The largest absolute Gasteiger partial charge is 0.336 e. The number of urea groups is 1. The van der Waals surface area contributed by atoms with Gasteiger partial charge in [-0.15, -0.1) is 0 Å². The lowest BCUT2D eigenvalue weighted by atomic mass is 10.1. The summed E-state index contributed by atoms with van der Waals surface area (Å²) in [6.07, 6.45) is 0. The van der Waals surface area contributed by atoms with Gasteiger partial charge >= 0.3 is 6.03 Å². The Morgan fingerprint density at radius 3 is 2.71 bits per heavy atom. The molecule has 2 atom stereocenters. The molecule has 82 valence electrons. The molecule has 1 aliphatic rings. The van der Waals surface area contributed by atoms with E-state index in [-0.39, 0.29) is 18.1 Å². The maximum Gasteiger partial charge on any atom is 0.317 e. The number of hydrogen-bond acceptors (Lipinski definition) is 2. The molecule has 0 aliphatic carbocycles. The van der Waals surface area contributed by atoms with Crippen LogP contribution in [-0.4, -0.2) is 42.1 Å². The van der Waals surface area contributed by atoms with E-state index >= 15 is 0 Å². The predicted molar refractivity (Wildman–Crippen MR) is 57.3 cm³/mol. The fraction of sp³-hybridized carbons (Fsp3) is 0.900. The van der Waals surface area contributed by atoms with Gasteiger partial charge in [0.2, 0.25) is 0 Å². The number of piperazine rings is 1. The summed E-state index contributed by atoms with van der Waals surface area (Å²) in [6, 6.07) is 0.907. The van der Waals surface area contributed by atoms with Gasteiger partial charge in [0.15, 0.2) is 0 Å².